The number of aryl methyl sites for hydroxylation is 1. The van der Waals surface area contributed by atoms with E-state index in [2.05, 4.69) is 27.7 Å². The molecular weight excluding hydrogens is 283 g/mol. The molecule has 0 bridgehead atoms. The Bertz CT molecular complexity index is 248. The van der Waals surface area contributed by atoms with E-state index >= 15 is 0 Å². The fourth-order valence-electron chi connectivity index (χ4n) is 1.04. The first-order valence-corrected chi connectivity index (χ1v) is 5.08. The van der Waals surface area contributed by atoms with Crippen molar-refractivity contribution < 1.29 is 9.47 Å². The van der Waals surface area contributed by atoms with Crippen LogP contribution < -0.4 is 0 Å². The van der Waals surface area contributed by atoms with Gasteiger partial charge in [-0.05, 0) is 28.7 Å². The molecule has 4 nitrogen and oxygen atoms in total. The number of aromatic nitrogens is 2. The van der Waals surface area contributed by atoms with Gasteiger partial charge in [-0.15, -0.1) is 0 Å². The molecule has 0 saturated heterocycles. The van der Waals surface area contributed by atoms with Crippen LogP contribution in [-0.2, 0) is 16.0 Å². The topological polar surface area (TPSA) is 36.3 Å². The predicted octanol–water partition coefficient (Wildman–Crippen LogP) is 1.50. The van der Waals surface area contributed by atoms with Gasteiger partial charge in [0.15, 0.2) is 6.29 Å². The van der Waals surface area contributed by atoms with E-state index in [0.717, 1.165) is 16.7 Å². The van der Waals surface area contributed by atoms with Crippen molar-refractivity contribution in [2.45, 2.75) is 19.3 Å². The second-order valence-corrected chi connectivity index (χ2v) is 3.67. The van der Waals surface area contributed by atoms with Crippen molar-refractivity contribution in [3.05, 3.63) is 16.0 Å². The molecule has 1 rings (SSSR count). The van der Waals surface area contributed by atoms with Crippen molar-refractivity contribution in [1.29, 1.82) is 0 Å². The zero-order valence-corrected chi connectivity index (χ0v) is 9.89. The van der Waals surface area contributed by atoms with Gasteiger partial charge < -0.3 is 9.47 Å². The maximum absolute atomic E-state index is 5.07. The zero-order chi connectivity index (χ0) is 9.68. The summed E-state index contributed by atoms with van der Waals surface area (Å²) in [5, 5.41) is 4.15. The van der Waals surface area contributed by atoms with Gasteiger partial charge >= 0.3 is 0 Å². The third-order valence-corrected chi connectivity index (χ3v) is 2.68. The highest BCUT2D eigenvalue weighted by molar-refractivity contribution is 14.1. The minimum atomic E-state index is -0.139. The molecule has 0 aliphatic heterocycles. The molecule has 0 saturated carbocycles. The SMILES string of the molecule is COC(CCn1nccc1I)OC. The van der Waals surface area contributed by atoms with Crippen LogP contribution in [0.3, 0.4) is 0 Å². The van der Waals surface area contributed by atoms with Crippen molar-refractivity contribution in [2.24, 2.45) is 0 Å². The van der Waals surface area contributed by atoms with E-state index < -0.39 is 0 Å². The normalized spacial score (nSPS) is 11.1. The molecule has 74 valence electrons. The van der Waals surface area contributed by atoms with Crippen molar-refractivity contribution in [1.82, 2.24) is 9.78 Å². The molecule has 0 fully saturated rings. The van der Waals surface area contributed by atoms with E-state index in [0.29, 0.717) is 0 Å². The zero-order valence-electron chi connectivity index (χ0n) is 7.74. The van der Waals surface area contributed by atoms with E-state index in [9.17, 15) is 0 Å². The molecular formula is C8H13IN2O2. The first-order chi connectivity index (χ1) is 6.27. The maximum Gasteiger partial charge on any atom is 0.158 e. The van der Waals surface area contributed by atoms with Crippen LogP contribution in [-0.4, -0.2) is 30.3 Å². The standard InChI is InChI=1S/C8H13IN2O2/c1-12-8(13-2)4-6-11-7(9)3-5-10-11/h3,5,8H,4,6H2,1-2H3. The van der Waals surface area contributed by atoms with Gasteiger partial charge in [-0.2, -0.15) is 5.10 Å². The second-order valence-electron chi connectivity index (χ2n) is 2.57. The quantitative estimate of drug-likeness (QED) is 0.610. The minimum Gasteiger partial charge on any atom is -0.356 e. The highest BCUT2D eigenvalue weighted by Gasteiger charge is 2.06. The van der Waals surface area contributed by atoms with Gasteiger partial charge in [0.1, 0.15) is 0 Å². The molecule has 0 atom stereocenters. The summed E-state index contributed by atoms with van der Waals surface area (Å²) in [6, 6.07) is 1.97. The molecule has 0 spiro atoms. The molecule has 1 heterocycles. The third-order valence-electron chi connectivity index (χ3n) is 1.77. The van der Waals surface area contributed by atoms with Crippen LogP contribution in [0.5, 0.6) is 0 Å². The Morgan fingerprint density at radius 2 is 2.23 bits per heavy atom. The van der Waals surface area contributed by atoms with Crippen LogP contribution in [0.25, 0.3) is 0 Å². The summed E-state index contributed by atoms with van der Waals surface area (Å²) in [6.07, 6.45) is 2.46. The molecule has 1 aromatic rings. The van der Waals surface area contributed by atoms with Crippen LogP contribution >= 0.6 is 22.6 Å². The molecule has 0 aromatic carbocycles. The van der Waals surface area contributed by atoms with Crippen LogP contribution in [0.4, 0.5) is 0 Å². The largest absolute Gasteiger partial charge is 0.356 e. The fraction of sp³-hybridized carbons (Fsp3) is 0.625. The summed E-state index contributed by atoms with van der Waals surface area (Å²) in [6.45, 7) is 0.817. The Morgan fingerprint density at radius 3 is 2.69 bits per heavy atom. The molecule has 0 N–H and O–H groups in total. The average molecular weight is 296 g/mol. The highest BCUT2D eigenvalue weighted by Crippen LogP contribution is 2.06. The van der Waals surface area contributed by atoms with Crippen LogP contribution in [0, 0.1) is 3.70 Å². The highest BCUT2D eigenvalue weighted by atomic mass is 127. The van der Waals surface area contributed by atoms with Gasteiger partial charge in [0.2, 0.25) is 0 Å². The van der Waals surface area contributed by atoms with Crippen molar-refractivity contribution in [3.63, 3.8) is 0 Å². The average Bonchev–Trinajstić information content (AvgIpc) is 2.54. The Labute approximate surface area is 91.4 Å². The molecule has 5 heteroatoms. The number of rotatable bonds is 5. The van der Waals surface area contributed by atoms with Gasteiger partial charge in [0, 0.05) is 27.2 Å². The second kappa shape index (κ2) is 5.56. The van der Waals surface area contributed by atoms with Crippen molar-refractivity contribution >= 4 is 22.6 Å². The third kappa shape index (κ3) is 3.24. The van der Waals surface area contributed by atoms with E-state index in [1.54, 1.807) is 20.4 Å². The molecule has 0 radical (unpaired) electrons. The summed E-state index contributed by atoms with van der Waals surface area (Å²) in [4.78, 5) is 0. The first-order valence-electron chi connectivity index (χ1n) is 4.01. The number of nitrogens with zero attached hydrogens (tertiary/aromatic N) is 2. The van der Waals surface area contributed by atoms with E-state index in [4.69, 9.17) is 9.47 Å². The molecule has 0 aliphatic rings. The van der Waals surface area contributed by atoms with Gasteiger partial charge in [0.25, 0.3) is 0 Å². The Hall–Kier alpha value is -0.140. The molecule has 0 amide bonds. The summed E-state index contributed by atoms with van der Waals surface area (Å²) >= 11 is 2.25. The predicted molar refractivity (Wildman–Crippen MR) is 57.4 cm³/mol. The summed E-state index contributed by atoms with van der Waals surface area (Å²) in [5.74, 6) is 0. The molecule has 13 heavy (non-hydrogen) atoms. The Morgan fingerprint density at radius 1 is 1.54 bits per heavy atom. The number of hydrogen-bond donors (Lipinski definition) is 0. The maximum atomic E-state index is 5.07. The smallest absolute Gasteiger partial charge is 0.158 e. The number of methoxy groups -OCH3 is 2. The minimum absolute atomic E-state index is 0.139. The lowest BCUT2D eigenvalue weighted by Crippen LogP contribution is -2.16. The summed E-state index contributed by atoms with van der Waals surface area (Å²) < 4.78 is 13.2. The van der Waals surface area contributed by atoms with E-state index in [1.165, 1.54) is 0 Å². The van der Waals surface area contributed by atoms with Gasteiger partial charge in [0.05, 0.1) is 9.90 Å². The lowest BCUT2D eigenvalue weighted by molar-refractivity contribution is -0.108. The molecule has 1 aromatic heterocycles. The van der Waals surface area contributed by atoms with Crippen LogP contribution in [0.15, 0.2) is 12.3 Å². The van der Waals surface area contributed by atoms with Gasteiger partial charge in [-0.25, -0.2) is 0 Å². The number of hydrogen-bond acceptors (Lipinski definition) is 3. The van der Waals surface area contributed by atoms with Crippen molar-refractivity contribution in [2.75, 3.05) is 14.2 Å². The first kappa shape index (κ1) is 10.9. The van der Waals surface area contributed by atoms with Gasteiger partial charge in [-0.1, -0.05) is 0 Å². The van der Waals surface area contributed by atoms with Crippen molar-refractivity contribution in [3.8, 4) is 0 Å². The summed E-state index contributed by atoms with van der Waals surface area (Å²) in [7, 11) is 3.28. The van der Waals surface area contributed by atoms with E-state index in [-0.39, 0.29) is 6.29 Å². The monoisotopic (exact) mass is 296 g/mol. The van der Waals surface area contributed by atoms with Crippen LogP contribution in [0.1, 0.15) is 6.42 Å². The molecule has 0 aliphatic carbocycles. The number of halogens is 1. The molecule has 0 unspecified atom stereocenters. The lowest BCUT2D eigenvalue weighted by Gasteiger charge is -2.13. The summed E-state index contributed by atoms with van der Waals surface area (Å²) in [5.41, 5.74) is 0. The Kier molecular flexibility index (Phi) is 4.68. The Balaban J connectivity index is 2.38. The fourth-order valence-corrected chi connectivity index (χ4v) is 1.57. The van der Waals surface area contributed by atoms with Gasteiger partial charge in [-0.3, -0.25) is 4.68 Å². The van der Waals surface area contributed by atoms with E-state index in [1.807, 2.05) is 10.7 Å². The lowest BCUT2D eigenvalue weighted by atomic mass is 10.4. The number of ether oxygens (including phenoxy) is 2. The van der Waals surface area contributed by atoms with Crippen LogP contribution in [0.2, 0.25) is 0 Å².